The Balaban J connectivity index is 1.34. The van der Waals surface area contributed by atoms with Gasteiger partial charge in [-0.3, -0.25) is 9.59 Å². The van der Waals surface area contributed by atoms with Crippen molar-refractivity contribution in [1.29, 1.82) is 0 Å². The molecule has 4 rings (SSSR count). The van der Waals surface area contributed by atoms with E-state index in [2.05, 4.69) is 5.32 Å². The molecule has 0 radical (unpaired) electrons. The number of Topliss-reactive ketones (excluding diaryl/α,β-unsaturated/α-hetero) is 1. The van der Waals surface area contributed by atoms with Crippen molar-refractivity contribution in [2.75, 3.05) is 19.0 Å². The summed E-state index contributed by atoms with van der Waals surface area (Å²) < 4.78 is 10.6. The first kappa shape index (κ1) is 25.9. The van der Waals surface area contributed by atoms with Gasteiger partial charge < -0.3 is 14.8 Å². The first-order valence-electron chi connectivity index (χ1n) is 13.2. The van der Waals surface area contributed by atoms with E-state index in [0.717, 1.165) is 73.9 Å². The van der Waals surface area contributed by atoms with Gasteiger partial charge in [-0.25, -0.2) is 4.79 Å². The van der Waals surface area contributed by atoms with Crippen LogP contribution >= 0.6 is 0 Å². The van der Waals surface area contributed by atoms with Crippen molar-refractivity contribution < 1.29 is 23.9 Å². The number of fused-ring (bicyclic) bond motifs is 1. The molecule has 2 aliphatic rings. The Morgan fingerprint density at radius 3 is 2.56 bits per heavy atom. The monoisotopic (exact) mass is 491 g/mol. The van der Waals surface area contributed by atoms with Gasteiger partial charge in [-0.1, -0.05) is 18.2 Å². The zero-order chi connectivity index (χ0) is 25.7. The van der Waals surface area contributed by atoms with E-state index in [4.69, 9.17) is 9.47 Å². The summed E-state index contributed by atoms with van der Waals surface area (Å²) in [5.74, 6) is 1.04. The van der Waals surface area contributed by atoms with Crippen LogP contribution in [0.1, 0.15) is 83.7 Å². The predicted octanol–water partition coefficient (Wildman–Crippen LogP) is 6.15. The third-order valence-corrected chi connectivity index (χ3v) is 7.80. The molecule has 1 amide bonds. The average molecular weight is 492 g/mol. The van der Waals surface area contributed by atoms with Gasteiger partial charge in [0.1, 0.15) is 5.75 Å². The first-order chi connectivity index (χ1) is 17.4. The van der Waals surface area contributed by atoms with Gasteiger partial charge in [0.2, 0.25) is 5.91 Å². The normalized spacial score (nSPS) is 21.8. The van der Waals surface area contributed by atoms with E-state index in [1.807, 2.05) is 31.2 Å². The average Bonchev–Trinajstić information content (AvgIpc) is 3.04. The van der Waals surface area contributed by atoms with E-state index in [-0.39, 0.29) is 29.5 Å². The molecule has 1 saturated carbocycles. The maximum atomic E-state index is 13.5. The van der Waals surface area contributed by atoms with Crippen LogP contribution in [0, 0.1) is 24.7 Å². The van der Waals surface area contributed by atoms with E-state index in [9.17, 15) is 14.4 Å². The van der Waals surface area contributed by atoms with Gasteiger partial charge in [-0.2, -0.15) is 0 Å². The number of ketones is 1. The Hall–Kier alpha value is -3.15. The molecule has 36 heavy (non-hydrogen) atoms. The minimum Gasteiger partial charge on any atom is -0.496 e. The Morgan fingerprint density at radius 2 is 1.83 bits per heavy atom. The largest absolute Gasteiger partial charge is 0.496 e. The minimum atomic E-state index is -0.346. The van der Waals surface area contributed by atoms with Crippen LogP contribution in [0.15, 0.2) is 36.4 Å². The summed E-state index contributed by atoms with van der Waals surface area (Å²) in [6.45, 7) is 4.08. The molecule has 2 aromatic rings. The van der Waals surface area contributed by atoms with Gasteiger partial charge in [-0.15, -0.1) is 0 Å². The van der Waals surface area contributed by atoms with Crippen LogP contribution in [0.5, 0.6) is 5.75 Å². The lowest BCUT2D eigenvalue weighted by atomic mass is 9.76. The number of methoxy groups -OCH3 is 1. The summed E-state index contributed by atoms with van der Waals surface area (Å²) in [4.78, 5) is 38.8. The minimum absolute atomic E-state index is 0.00811. The molecule has 2 aromatic carbocycles. The summed E-state index contributed by atoms with van der Waals surface area (Å²) in [7, 11) is 1.63. The van der Waals surface area contributed by atoms with Crippen LogP contribution < -0.4 is 10.1 Å². The molecule has 0 saturated heterocycles. The summed E-state index contributed by atoms with van der Waals surface area (Å²) in [6, 6.07) is 11.1. The predicted molar refractivity (Wildman–Crippen MR) is 140 cm³/mol. The molecule has 0 spiro atoms. The SMILES string of the molecule is CCOC(=O)c1cccc2c1CCCC(CC1CCC(C(=O)Nc3ccc(C)c(OC)c3)CC1)C2=O. The van der Waals surface area contributed by atoms with Crippen LogP contribution in [0.2, 0.25) is 0 Å². The number of hydrogen-bond donors (Lipinski definition) is 1. The van der Waals surface area contributed by atoms with Crippen molar-refractivity contribution in [2.45, 2.75) is 65.2 Å². The second-order valence-electron chi connectivity index (χ2n) is 10.1. The maximum Gasteiger partial charge on any atom is 0.338 e. The Labute approximate surface area is 213 Å². The highest BCUT2D eigenvalue weighted by Gasteiger charge is 2.33. The second-order valence-corrected chi connectivity index (χ2v) is 10.1. The standard InChI is InChI=1S/C30H37NO5/c1-4-36-30(34)26-10-6-9-25-24(26)8-5-7-22(28(25)32)17-20-12-14-21(15-13-20)29(33)31-23-16-11-19(2)27(18-23)35-3/h6,9-11,16,18,20-22H,4-5,7-8,12-15,17H2,1-3H3,(H,31,33). The van der Waals surface area contributed by atoms with Gasteiger partial charge in [0.05, 0.1) is 19.3 Å². The van der Waals surface area contributed by atoms with E-state index in [1.54, 1.807) is 26.2 Å². The number of ether oxygens (including phenoxy) is 2. The number of esters is 1. The number of aryl methyl sites for hydroxylation is 1. The highest BCUT2D eigenvalue weighted by molar-refractivity contribution is 6.03. The van der Waals surface area contributed by atoms with Crippen molar-refractivity contribution in [3.05, 3.63) is 58.7 Å². The Morgan fingerprint density at radius 1 is 1.06 bits per heavy atom. The molecule has 6 nitrogen and oxygen atoms in total. The lowest BCUT2D eigenvalue weighted by Gasteiger charge is -2.30. The lowest BCUT2D eigenvalue weighted by Crippen LogP contribution is -2.28. The van der Waals surface area contributed by atoms with Gasteiger partial charge in [0.15, 0.2) is 5.78 Å². The molecule has 0 heterocycles. The highest BCUT2D eigenvalue weighted by Crippen LogP contribution is 2.37. The summed E-state index contributed by atoms with van der Waals surface area (Å²) in [5, 5.41) is 3.05. The zero-order valence-corrected chi connectivity index (χ0v) is 21.6. The number of benzene rings is 2. The molecule has 6 heteroatoms. The van der Waals surface area contributed by atoms with Crippen LogP contribution in [-0.4, -0.2) is 31.4 Å². The van der Waals surface area contributed by atoms with Gasteiger partial charge in [0.25, 0.3) is 0 Å². The fourth-order valence-corrected chi connectivity index (χ4v) is 5.79. The van der Waals surface area contributed by atoms with Crippen molar-refractivity contribution in [3.8, 4) is 5.75 Å². The third-order valence-electron chi connectivity index (χ3n) is 7.80. The number of nitrogens with one attached hydrogen (secondary N) is 1. The van der Waals surface area contributed by atoms with Gasteiger partial charge >= 0.3 is 5.97 Å². The van der Waals surface area contributed by atoms with Crippen molar-refractivity contribution in [1.82, 2.24) is 0 Å². The number of rotatable bonds is 7. The Bertz CT molecular complexity index is 1120. The lowest BCUT2D eigenvalue weighted by molar-refractivity contribution is -0.121. The molecule has 1 N–H and O–H groups in total. The quantitative estimate of drug-likeness (QED) is 0.371. The number of hydrogen-bond acceptors (Lipinski definition) is 5. The molecule has 192 valence electrons. The molecule has 0 bridgehead atoms. The summed E-state index contributed by atoms with van der Waals surface area (Å²) in [6.07, 6.45) is 6.88. The van der Waals surface area contributed by atoms with Gasteiger partial charge in [0, 0.05) is 29.2 Å². The van der Waals surface area contributed by atoms with Crippen molar-refractivity contribution in [2.24, 2.45) is 17.8 Å². The molecule has 1 fully saturated rings. The van der Waals surface area contributed by atoms with E-state index in [0.29, 0.717) is 23.7 Å². The van der Waals surface area contributed by atoms with Crippen LogP contribution in [0.25, 0.3) is 0 Å². The molecule has 1 atom stereocenters. The van der Waals surface area contributed by atoms with Gasteiger partial charge in [-0.05, 0) is 94.4 Å². The highest BCUT2D eigenvalue weighted by atomic mass is 16.5. The van der Waals surface area contributed by atoms with Crippen molar-refractivity contribution in [3.63, 3.8) is 0 Å². The van der Waals surface area contributed by atoms with Crippen LogP contribution in [-0.2, 0) is 16.0 Å². The van der Waals surface area contributed by atoms with Crippen LogP contribution in [0.4, 0.5) is 5.69 Å². The molecular weight excluding hydrogens is 454 g/mol. The van der Waals surface area contributed by atoms with Crippen LogP contribution in [0.3, 0.4) is 0 Å². The molecule has 2 aliphatic carbocycles. The van der Waals surface area contributed by atoms with E-state index in [1.165, 1.54) is 0 Å². The molecule has 0 aliphatic heterocycles. The molecule has 1 unspecified atom stereocenters. The topological polar surface area (TPSA) is 81.7 Å². The number of anilines is 1. The second kappa shape index (κ2) is 11.7. The summed E-state index contributed by atoms with van der Waals surface area (Å²) >= 11 is 0. The zero-order valence-electron chi connectivity index (χ0n) is 21.6. The molecule has 0 aromatic heterocycles. The Kier molecular flexibility index (Phi) is 8.44. The first-order valence-corrected chi connectivity index (χ1v) is 13.2. The summed E-state index contributed by atoms with van der Waals surface area (Å²) in [5.41, 5.74) is 3.85. The smallest absolute Gasteiger partial charge is 0.338 e. The molecular formula is C30H37NO5. The third kappa shape index (κ3) is 5.80. The fourth-order valence-electron chi connectivity index (χ4n) is 5.79. The maximum absolute atomic E-state index is 13.5. The number of amides is 1. The van der Waals surface area contributed by atoms with E-state index >= 15 is 0 Å². The number of carbonyl (C=O) groups is 3. The van der Waals surface area contributed by atoms with Crippen molar-refractivity contribution >= 4 is 23.3 Å². The van der Waals surface area contributed by atoms with E-state index < -0.39 is 0 Å². The fraction of sp³-hybridized carbons (Fsp3) is 0.500. The number of carbonyl (C=O) groups excluding carboxylic acids is 3.